The van der Waals surface area contributed by atoms with Crippen molar-refractivity contribution in [2.45, 2.75) is 63.0 Å². The maximum Gasteiger partial charge on any atom is 0.240 e. The van der Waals surface area contributed by atoms with E-state index < -0.39 is 11.1 Å². The van der Waals surface area contributed by atoms with Crippen LogP contribution in [-0.4, -0.2) is 41.9 Å². The van der Waals surface area contributed by atoms with Crippen LogP contribution in [0, 0.1) is 5.92 Å². The van der Waals surface area contributed by atoms with Crippen molar-refractivity contribution in [2.75, 3.05) is 19.8 Å². The van der Waals surface area contributed by atoms with E-state index in [0.29, 0.717) is 32.6 Å². The van der Waals surface area contributed by atoms with Gasteiger partial charge in [0, 0.05) is 19.8 Å². The minimum atomic E-state index is -0.824. The predicted octanol–water partition coefficient (Wildman–Crippen LogP) is 0.942. The summed E-state index contributed by atoms with van der Waals surface area (Å²) in [7, 11) is 0. The number of nitrogens with two attached hydrogens (primary N) is 1. The Hall–Kier alpha value is -0.650. The number of hydrogen-bond donors (Lipinski definition) is 3. The molecule has 0 aromatic carbocycles. The van der Waals surface area contributed by atoms with Gasteiger partial charge in [0.2, 0.25) is 5.91 Å². The molecule has 20 heavy (non-hydrogen) atoms. The molecule has 4 N–H and O–H groups in total. The Bertz CT molecular complexity index is 332. The molecule has 2 rings (SSSR count). The highest BCUT2D eigenvalue weighted by Crippen LogP contribution is 2.33. The molecule has 0 unspecified atom stereocenters. The molecular weight excluding hydrogens is 256 g/mol. The van der Waals surface area contributed by atoms with Gasteiger partial charge in [0.1, 0.15) is 0 Å². The number of carbonyl (C=O) groups excluding carboxylic acids is 1. The van der Waals surface area contributed by atoms with Crippen LogP contribution in [0.1, 0.15) is 51.9 Å². The molecule has 1 amide bonds. The lowest BCUT2D eigenvalue weighted by Gasteiger charge is -2.37. The van der Waals surface area contributed by atoms with Crippen LogP contribution in [-0.2, 0) is 9.53 Å². The average molecular weight is 284 g/mol. The van der Waals surface area contributed by atoms with Crippen LogP contribution >= 0.6 is 0 Å². The van der Waals surface area contributed by atoms with E-state index in [2.05, 4.69) is 12.2 Å². The Balaban J connectivity index is 1.81. The minimum Gasteiger partial charge on any atom is -0.388 e. The highest BCUT2D eigenvalue weighted by molar-refractivity contribution is 5.86. The van der Waals surface area contributed by atoms with Crippen LogP contribution in [0.15, 0.2) is 0 Å². The second-order valence-corrected chi connectivity index (χ2v) is 6.53. The smallest absolute Gasteiger partial charge is 0.240 e. The summed E-state index contributed by atoms with van der Waals surface area (Å²) in [6.07, 6.45) is 5.91. The molecule has 0 spiro atoms. The highest BCUT2D eigenvalue weighted by Gasteiger charge is 2.38. The number of aliphatic hydroxyl groups is 1. The van der Waals surface area contributed by atoms with Crippen LogP contribution in [0.2, 0.25) is 0 Å². The Morgan fingerprint density at radius 2 is 1.90 bits per heavy atom. The monoisotopic (exact) mass is 284 g/mol. The number of carbonyl (C=O) groups is 1. The molecule has 1 aliphatic heterocycles. The molecule has 5 nitrogen and oxygen atoms in total. The Morgan fingerprint density at radius 3 is 2.45 bits per heavy atom. The summed E-state index contributed by atoms with van der Waals surface area (Å²) in [5.41, 5.74) is 4.56. The lowest BCUT2D eigenvalue weighted by atomic mass is 9.77. The number of rotatable bonds is 4. The lowest BCUT2D eigenvalue weighted by Crippen LogP contribution is -2.59. The van der Waals surface area contributed by atoms with Gasteiger partial charge in [-0.3, -0.25) is 4.79 Å². The first-order valence-electron chi connectivity index (χ1n) is 7.85. The van der Waals surface area contributed by atoms with Gasteiger partial charge in [-0.25, -0.2) is 0 Å². The van der Waals surface area contributed by atoms with Gasteiger partial charge in [0.15, 0.2) is 0 Å². The molecule has 0 atom stereocenters. The molecule has 1 aliphatic carbocycles. The van der Waals surface area contributed by atoms with E-state index in [-0.39, 0.29) is 5.91 Å². The first kappa shape index (κ1) is 15.7. The fourth-order valence-electron chi connectivity index (χ4n) is 3.18. The molecule has 0 aromatic rings. The third kappa shape index (κ3) is 3.71. The van der Waals surface area contributed by atoms with Gasteiger partial charge < -0.3 is 20.9 Å². The predicted molar refractivity (Wildman–Crippen MR) is 77.2 cm³/mol. The summed E-state index contributed by atoms with van der Waals surface area (Å²) in [4.78, 5) is 12.2. The third-order valence-electron chi connectivity index (χ3n) is 5.03. The molecule has 0 radical (unpaired) electrons. The molecule has 2 fully saturated rings. The topological polar surface area (TPSA) is 84.6 Å². The third-order valence-corrected chi connectivity index (χ3v) is 5.03. The second kappa shape index (κ2) is 6.41. The Labute approximate surface area is 121 Å². The quantitative estimate of drug-likeness (QED) is 0.717. The summed E-state index contributed by atoms with van der Waals surface area (Å²) < 4.78 is 5.24. The van der Waals surface area contributed by atoms with Gasteiger partial charge in [-0.1, -0.05) is 13.3 Å². The first-order chi connectivity index (χ1) is 9.47. The van der Waals surface area contributed by atoms with E-state index in [1.54, 1.807) is 0 Å². The average Bonchev–Trinajstić information content (AvgIpc) is 2.46. The Morgan fingerprint density at radius 1 is 1.30 bits per heavy atom. The molecule has 1 heterocycles. The van der Waals surface area contributed by atoms with Gasteiger partial charge in [0.25, 0.3) is 0 Å². The van der Waals surface area contributed by atoms with Gasteiger partial charge in [-0.15, -0.1) is 0 Å². The van der Waals surface area contributed by atoms with Crippen LogP contribution < -0.4 is 11.1 Å². The van der Waals surface area contributed by atoms with Gasteiger partial charge in [-0.2, -0.15) is 0 Å². The number of amides is 1. The van der Waals surface area contributed by atoms with Crippen LogP contribution in [0.3, 0.4) is 0 Å². The fraction of sp³-hybridized carbons (Fsp3) is 0.933. The molecule has 0 aromatic heterocycles. The van der Waals surface area contributed by atoms with Crippen molar-refractivity contribution in [3.05, 3.63) is 0 Å². The SMILES string of the molecule is CCC1CCC(O)(CNC(=O)C2(N)CCOCC2)CC1. The van der Waals surface area contributed by atoms with E-state index in [1.807, 2.05) is 0 Å². The maximum atomic E-state index is 12.2. The Kier molecular flexibility index (Phi) is 5.04. The van der Waals surface area contributed by atoms with Crippen molar-refractivity contribution in [1.29, 1.82) is 0 Å². The molecule has 1 saturated carbocycles. The van der Waals surface area contributed by atoms with E-state index in [0.717, 1.165) is 31.6 Å². The van der Waals surface area contributed by atoms with E-state index in [9.17, 15) is 9.90 Å². The zero-order chi connectivity index (χ0) is 14.6. The largest absolute Gasteiger partial charge is 0.388 e. The summed E-state index contributed by atoms with van der Waals surface area (Å²) in [5.74, 6) is 0.578. The standard InChI is InChI=1S/C15H28N2O3/c1-2-12-3-5-14(19,6-4-12)11-17-13(18)15(16)7-9-20-10-8-15/h12,19H,2-11,16H2,1H3,(H,17,18). The van der Waals surface area contributed by atoms with Crippen molar-refractivity contribution in [3.63, 3.8) is 0 Å². The number of ether oxygens (including phenoxy) is 1. The molecule has 0 bridgehead atoms. The van der Waals surface area contributed by atoms with Crippen molar-refractivity contribution in [2.24, 2.45) is 11.7 Å². The number of nitrogens with one attached hydrogen (secondary N) is 1. The summed E-state index contributed by atoms with van der Waals surface area (Å²) in [6, 6.07) is 0. The van der Waals surface area contributed by atoms with Gasteiger partial charge in [-0.05, 0) is 44.4 Å². The maximum absolute atomic E-state index is 12.2. The van der Waals surface area contributed by atoms with Crippen molar-refractivity contribution < 1.29 is 14.6 Å². The molecule has 2 aliphatic rings. The lowest BCUT2D eigenvalue weighted by molar-refractivity contribution is -0.131. The fourth-order valence-corrected chi connectivity index (χ4v) is 3.18. The normalized spacial score (nSPS) is 33.6. The molecular formula is C15H28N2O3. The van der Waals surface area contributed by atoms with Crippen molar-refractivity contribution in [3.8, 4) is 0 Å². The first-order valence-corrected chi connectivity index (χ1v) is 7.85. The van der Waals surface area contributed by atoms with E-state index in [1.165, 1.54) is 6.42 Å². The number of hydrogen-bond acceptors (Lipinski definition) is 4. The van der Waals surface area contributed by atoms with Crippen LogP contribution in [0.4, 0.5) is 0 Å². The van der Waals surface area contributed by atoms with Crippen LogP contribution in [0.5, 0.6) is 0 Å². The zero-order valence-corrected chi connectivity index (χ0v) is 12.5. The van der Waals surface area contributed by atoms with Gasteiger partial charge in [0.05, 0.1) is 11.1 Å². The van der Waals surface area contributed by atoms with E-state index in [4.69, 9.17) is 10.5 Å². The second-order valence-electron chi connectivity index (χ2n) is 6.53. The summed E-state index contributed by atoms with van der Waals surface area (Å²) in [5, 5.41) is 13.4. The molecule has 5 heteroatoms. The molecule has 116 valence electrons. The zero-order valence-electron chi connectivity index (χ0n) is 12.5. The summed E-state index contributed by atoms with van der Waals surface area (Å²) >= 11 is 0. The van der Waals surface area contributed by atoms with Crippen molar-refractivity contribution in [1.82, 2.24) is 5.32 Å². The van der Waals surface area contributed by atoms with Gasteiger partial charge >= 0.3 is 0 Å². The summed E-state index contributed by atoms with van der Waals surface area (Å²) in [6.45, 7) is 3.58. The van der Waals surface area contributed by atoms with Crippen LogP contribution in [0.25, 0.3) is 0 Å². The van der Waals surface area contributed by atoms with Crippen molar-refractivity contribution >= 4 is 5.91 Å². The highest BCUT2D eigenvalue weighted by atomic mass is 16.5. The minimum absolute atomic E-state index is 0.146. The molecule has 1 saturated heterocycles. The van der Waals surface area contributed by atoms with E-state index >= 15 is 0 Å².